The SMILES string of the molecule is COCCN(C)CCNCCS(N)(=O)=O. The van der Waals surface area contributed by atoms with E-state index in [1.54, 1.807) is 7.11 Å². The number of hydrogen-bond acceptors (Lipinski definition) is 5. The van der Waals surface area contributed by atoms with Gasteiger partial charge in [0.1, 0.15) is 0 Å². The molecule has 0 spiro atoms. The summed E-state index contributed by atoms with van der Waals surface area (Å²) in [5, 5.41) is 7.86. The van der Waals surface area contributed by atoms with Gasteiger partial charge < -0.3 is 15.0 Å². The number of rotatable bonds is 9. The molecule has 0 saturated heterocycles. The lowest BCUT2D eigenvalue weighted by Gasteiger charge is -2.15. The number of nitrogens with one attached hydrogen (secondary N) is 1. The Hall–Kier alpha value is -0.210. The fourth-order valence-electron chi connectivity index (χ4n) is 0.968. The first-order valence-electron chi connectivity index (χ1n) is 4.84. The van der Waals surface area contributed by atoms with Gasteiger partial charge in [-0.1, -0.05) is 0 Å². The third kappa shape index (κ3) is 11.7. The quantitative estimate of drug-likeness (QED) is 0.476. The van der Waals surface area contributed by atoms with Crippen molar-refractivity contribution in [3.8, 4) is 0 Å². The molecule has 0 aliphatic carbocycles. The molecule has 0 saturated carbocycles. The molecule has 0 aromatic heterocycles. The monoisotopic (exact) mass is 239 g/mol. The van der Waals surface area contributed by atoms with Crippen LogP contribution in [0, 0.1) is 0 Å². The van der Waals surface area contributed by atoms with Gasteiger partial charge in [-0.15, -0.1) is 0 Å². The number of nitrogens with two attached hydrogens (primary N) is 1. The van der Waals surface area contributed by atoms with E-state index in [0.717, 1.165) is 19.6 Å². The molecule has 92 valence electrons. The number of hydrogen-bond donors (Lipinski definition) is 2. The van der Waals surface area contributed by atoms with E-state index in [1.807, 2.05) is 7.05 Å². The van der Waals surface area contributed by atoms with Crippen LogP contribution in [0.1, 0.15) is 0 Å². The van der Waals surface area contributed by atoms with Crippen molar-refractivity contribution in [2.24, 2.45) is 5.14 Å². The summed E-state index contributed by atoms with van der Waals surface area (Å²) in [7, 11) is 0.316. The number of nitrogens with zero attached hydrogens (tertiary/aromatic N) is 1. The third-order valence-corrected chi connectivity index (χ3v) is 2.68. The molecule has 0 bridgehead atoms. The lowest BCUT2D eigenvalue weighted by atomic mass is 10.5. The van der Waals surface area contributed by atoms with E-state index in [2.05, 4.69) is 10.2 Å². The van der Waals surface area contributed by atoms with Crippen LogP contribution in [0.25, 0.3) is 0 Å². The molecule has 0 unspecified atom stereocenters. The Morgan fingerprint density at radius 3 is 2.53 bits per heavy atom. The van der Waals surface area contributed by atoms with E-state index in [0.29, 0.717) is 13.2 Å². The zero-order chi connectivity index (χ0) is 11.7. The summed E-state index contributed by atoms with van der Waals surface area (Å²) in [4.78, 5) is 2.10. The highest BCUT2D eigenvalue weighted by atomic mass is 32.2. The van der Waals surface area contributed by atoms with Gasteiger partial charge in [0.2, 0.25) is 10.0 Å². The normalized spacial score (nSPS) is 12.3. The maximum atomic E-state index is 10.6. The van der Waals surface area contributed by atoms with Gasteiger partial charge in [0, 0.05) is 33.3 Å². The molecule has 0 atom stereocenters. The van der Waals surface area contributed by atoms with E-state index in [1.165, 1.54) is 0 Å². The smallest absolute Gasteiger partial charge is 0.210 e. The zero-order valence-corrected chi connectivity index (χ0v) is 10.2. The highest BCUT2D eigenvalue weighted by molar-refractivity contribution is 7.89. The molecule has 0 heterocycles. The lowest BCUT2D eigenvalue weighted by molar-refractivity contribution is 0.161. The van der Waals surface area contributed by atoms with Crippen molar-refractivity contribution in [3.05, 3.63) is 0 Å². The Kier molecular flexibility index (Phi) is 7.89. The first-order valence-corrected chi connectivity index (χ1v) is 6.56. The van der Waals surface area contributed by atoms with Gasteiger partial charge in [0.05, 0.1) is 12.4 Å². The molecule has 7 heteroatoms. The van der Waals surface area contributed by atoms with Crippen LogP contribution >= 0.6 is 0 Å². The van der Waals surface area contributed by atoms with Crippen molar-refractivity contribution in [2.45, 2.75) is 0 Å². The first-order chi connectivity index (χ1) is 6.95. The number of likely N-dealkylation sites (N-methyl/N-ethyl adjacent to an activating group) is 1. The lowest BCUT2D eigenvalue weighted by Crippen LogP contribution is -2.34. The van der Waals surface area contributed by atoms with Crippen LogP contribution in [0.15, 0.2) is 0 Å². The second kappa shape index (κ2) is 8.00. The maximum Gasteiger partial charge on any atom is 0.210 e. The van der Waals surface area contributed by atoms with E-state index in [4.69, 9.17) is 9.88 Å². The van der Waals surface area contributed by atoms with E-state index < -0.39 is 10.0 Å². The minimum absolute atomic E-state index is 0.0191. The van der Waals surface area contributed by atoms with Gasteiger partial charge in [-0.05, 0) is 7.05 Å². The van der Waals surface area contributed by atoms with Gasteiger partial charge >= 0.3 is 0 Å². The summed E-state index contributed by atoms with van der Waals surface area (Å²) in [5.74, 6) is -0.0191. The molecule has 0 fully saturated rings. The molecule has 15 heavy (non-hydrogen) atoms. The van der Waals surface area contributed by atoms with Crippen molar-refractivity contribution in [2.75, 3.05) is 52.7 Å². The summed E-state index contributed by atoms with van der Waals surface area (Å²) < 4.78 is 26.1. The van der Waals surface area contributed by atoms with Crippen molar-refractivity contribution in [3.63, 3.8) is 0 Å². The van der Waals surface area contributed by atoms with Crippen molar-refractivity contribution in [1.29, 1.82) is 0 Å². The minimum atomic E-state index is -3.34. The van der Waals surface area contributed by atoms with Gasteiger partial charge in [0.25, 0.3) is 0 Å². The summed E-state index contributed by atoms with van der Waals surface area (Å²) in [6, 6.07) is 0. The highest BCUT2D eigenvalue weighted by Crippen LogP contribution is 1.81. The Morgan fingerprint density at radius 2 is 2.00 bits per heavy atom. The molecular formula is C8H21N3O3S. The van der Waals surface area contributed by atoms with E-state index in [-0.39, 0.29) is 5.75 Å². The predicted molar refractivity (Wildman–Crippen MR) is 60.2 cm³/mol. The van der Waals surface area contributed by atoms with Gasteiger partial charge in [-0.2, -0.15) is 0 Å². The standard InChI is InChI=1S/C8H21N3O3S/c1-11(6-7-14-2)5-3-10-4-8-15(9,12)13/h10H,3-8H2,1-2H3,(H2,9,12,13). The van der Waals surface area contributed by atoms with Crippen LogP contribution in [0.2, 0.25) is 0 Å². The number of sulfonamides is 1. The van der Waals surface area contributed by atoms with Gasteiger partial charge in [-0.25, -0.2) is 13.6 Å². The predicted octanol–water partition coefficient (Wildman–Crippen LogP) is -1.56. The summed E-state index contributed by atoms with van der Waals surface area (Å²) in [5.41, 5.74) is 0. The van der Waals surface area contributed by atoms with Crippen LogP contribution in [0.3, 0.4) is 0 Å². The Morgan fingerprint density at radius 1 is 1.33 bits per heavy atom. The molecule has 0 rings (SSSR count). The molecule has 6 nitrogen and oxygen atoms in total. The van der Waals surface area contributed by atoms with E-state index in [9.17, 15) is 8.42 Å². The third-order valence-electron chi connectivity index (χ3n) is 1.91. The average Bonchev–Trinajstić information content (AvgIpc) is 2.12. The molecule has 0 aliphatic heterocycles. The number of methoxy groups -OCH3 is 1. The van der Waals surface area contributed by atoms with Crippen molar-refractivity contribution < 1.29 is 13.2 Å². The summed E-state index contributed by atoms with van der Waals surface area (Å²) in [6.07, 6.45) is 0. The fourth-order valence-corrected chi connectivity index (χ4v) is 1.40. The fraction of sp³-hybridized carbons (Fsp3) is 1.00. The molecule has 0 aliphatic rings. The van der Waals surface area contributed by atoms with Crippen molar-refractivity contribution in [1.82, 2.24) is 10.2 Å². The molecule has 3 N–H and O–H groups in total. The molecule has 0 radical (unpaired) electrons. The molecule has 0 aromatic carbocycles. The summed E-state index contributed by atoms with van der Waals surface area (Å²) >= 11 is 0. The minimum Gasteiger partial charge on any atom is -0.383 e. The second-order valence-corrected chi connectivity index (χ2v) is 5.15. The average molecular weight is 239 g/mol. The zero-order valence-electron chi connectivity index (χ0n) is 9.40. The topological polar surface area (TPSA) is 84.7 Å². The Bertz CT molecular complexity index is 244. The van der Waals surface area contributed by atoms with Crippen LogP contribution < -0.4 is 10.5 Å². The number of ether oxygens (including phenoxy) is 1. The summed E-state index contributed by atoms with van der Waals surface area (Å²) in [6.45, 7) is 3.57. The molecule has 0 amide bonds. The second-order valence-electron chi connectivity index (χ2n) is 3.41. The largest absolute Gasteiger partial charge is 0.383 e. The Labute approximate surface area is 91.8 Å². The number of primary sulfonamides is 1. The van der Waals surface area contributed by atoms with Gasteiger partial charge in [0.15, 0.2) is 0 Å². The Balaban J connectivity index is 3.31. The maximum absolute atomic E-state index is 10.6. The highest BCUT2D eigenvalue weighted by Gasteiger charge is 2.01. The van der Waals surface area contributed by atoms with Crippen LogP contribution in [0.4, 0.5) is 0 Å². The molecular weight excluding hydrogens is 218 g/mol. The first kappa shape index (κ1) is 14.8. The van der Waals surface area contributed by atoms with Crippen LogP contribution in [-0.2, 0) is 14.8 Å². The van der Waals surface area contributed by atoms with Crippen LogP contribution in [-0.4, -0.2) is 66.0 Å². The molecule has 0 aromatic rings. The van der Waals surface area contributed by atoms with E-state index >= 15 is 0 Å². The van der Waals surface area contributed by atoms with Crippen LogP contribution in [0.5, 0.6) is 0 Å². The van der Waals surface area contributed by atoms with Gasteiger partial charge in [-0.3, -0.25) is 0 Å². The van der Waals surface area contributed by atoms with Crippen molar-refractivity contribution >= 4 is 10.0 Å².